The Kier molecular flexibility index (Phi) is 10.1. The summed E-state index contributed by atoms with van der Waals surface area (Å²) in [5.74, 6) is 1.54. The number of hydrogen-bond donors (Lipinski definition) is 0. The van der Waals surface area contributed by atoms with Gasteiger partial charge < -0.3 is 14.4 Å². The van der Waals surface area contributed by atoms with Crippen LogP contribution in [-0.2, 0) is 0 Å². The maximum atomic E-state index is 13.8. The van der Waals surface area contributed by atoms with E-state index in [1.807, 2.05) is 54.6 Å². The first-order valence-electron chi connectivity index (χ1n) is 18.1. The minimum absolute atomic E-state index is 0.188. The van der Waals surface area contributed by atoms with E-state index in [-0.39, 0.29) is 11.8 Å². The van der Waals surface area contributed by atoms with Crippen molar-refractivity contribution in [2.45, 2.75) is 39.5 Å². The second-order valence-electron chi connectivity index (χ2n) is 13.4. The van der Waals surface area contributed by atoms with E-state index in [4.69, 9.17) is 9.47 Å². The first-order valence-corrected chi connectivity index (χ1v) is 18.1. The van der Waals surface area contributed by atoms with Crippen LogP contribution in [0.5, 0.6) is 11.5 Å². The Bertz CT molecular complexity index is 2120. The molecule has 262 valence electrons. The number of imide groups is 1. The summed E-state index contributed by atoms with van der Waals surface area (Å²) < 4.78 is 10.8. The average molecular weight is 689 g/mol. The molecule has 0 N–H and O–H groups in total. The molecular formula is C46H44N2O4. The van der Waals surface area contributed by atoms with Gasteiger partial charge in [0, 0.05) is 40.1 Å². The average Bonchev–Trinajstić information content (AvgIpc) is 3.20. The molecule has 1 unspecified atom stereocenters. The number of amides is 2. The van der Waals surface area contributed by atoms with Crippen molar-refractivity contribution in [3.05, 3.63) is 139 Å². The van der Waals surface area contributed by atoms with E-state index in [0.29, 0.717) is 23.6 Å². The zero-order chi connectivity index (χ0) is 36.2. The summed E-state index contributed by atoms with van der Waals surface area (Å²) in [6.07, 6.45) is 4.17. The molecule has 2 amide bonds. The van der Waals surface area contributed by atoms with Crippen LogP contribution in [0.15, 0.2) is 127 Å². The highest BCUT2D eigenvalue weighted by molar-refractivity contribution is 6.27. The molecule has 1 heterocycles. The Hall–Kier alpha value is -5.88. The molecule has 0 bridgehead atoms. The first-order chi connectivity index (χ1) is 25.4. The number of benzene rings is 6. The molecule has 1 atom stereocenters. The van der Waals surface area contributed by atoms with E-state index < -0.39 is 0 Å². The van der Waals surface area contributed by atoms with Crippen molar-refractivity contribution in [2.75, 3.05) is 25.7 Å². The zero-order valence-corrected chi connectivity index (χ0v) is 30.3. The van der Waals surface area contributed by atoms with Gasteiger partial charge in [-0.25, -0.2) is 0 Å². The Balaban J connectivity index is 1.16. The maximum absolute atomic E-state index is 13.8. The summed E-state index contributed by atoms with van der Waals surface area (Å²) in [5.41, 5.74) is 8.47. The van der Waals surface area contributed by atoms with Crippen molar-refractivity contribution in [2.24, 2.45) is 5.92 Å². The highest BCUT2D eigenvalue weighted by atomic mass is 16.5. The second kappa shape index (κ2) is 15.2. The number of ether oxygens (including phenoxy) is 2. The summed E-state index contributed by atoms with van der Waals surface area (Å²) in [5, 5.41) is 1.68. The minimum atomic E-state index is -0.188. The van der Waals surface area contributed by atoms with Crippen LogP contribution < -0.4 is 14.4 Å². The van der Waals surface area contributed by atoms with Gasteiger partial charge in [-0.15, -0.1) is 0 Å². The maximum Gasteiger partial charge on any atom is 0.261 e. The number of hydrogen-bond acceptors (Lipinski definition) is 5. The summed E-state index contributed by atoms with van der Waals surface area (Å²) in [6, 6.07) is 42.9. The number of carbonyl (C=O) groups excluding carboxylic acids is 2. The highest BCUT2D eigenvalue weighted by Gasteiger charge is 2.34. The van der Waals surface area contributed by atoms with Crippen LogP contribution in [0, 0.1) is 5.92 Å². The van der Waals surface area contributed by atoms with Gasteiger partial charge in [0.25, 0.3) is 11.8 Å². The number of anilines is 3. The molecule has 1 aliphatic rings. The predicted octanol–water partition coefficient (Wildman–Crippen LogP) is 11.5. The van der Waals surface area contributed by atoms with E-state index >= 15 is 0 Å². The zero-order valence-electron chi connectivity index (χ0n) is 30.3. The van der Waals surface area contributed by atoms with Gasteiger partial charge in [0.15, 0.2) is 0 Å². The Morgan fingerprint density at radius 2 is 1.06 bits per heavy atom. The van der Waals surface area contributed by atoms with Gasteiger partial charge in [0.2, 0.25) is 0 Å². The van der Waals surface area contributed by atoms with Crippen LogP contribution in [0.25, 0.3) is 33.0 Å². The number of carbonyl (C=O) groups is 2. The number of nitrogens with zero attached hydrogens (tertiary/aromatic N) is 2. The molecule has 6 aromatic carbocycles. The lowest BCUT2D eigenvalue weighted by Gasteiger charge is -2.30. The largest absolute Gasteiger partial charge is 0.497 e. The van der Waals surface area contributed by atoms with E-state index in [0.717, 1.165) is 87.3 Å². The number of unbranched alkanes of at least 4 members (excludes halogenated alkanes) is 1. The molecule has 6 aromatic rings. The SMILES string of the molecule is CCCCC(CC)CN1C(=O)c2cccc3c(-c4ccc(-c5ccc(N(c6ccc(OC)cc6)c6ccc(OC)cc6)cc5)cc4)ccc(c23)C1=O. The molecule has 0 aromatic heterocycles. The molecule has 7 rings (SSSR count). The first kappa shape index (κ1) is 34.6. The van der Waals surface area contributed by atoms with Crippen LogP contribution in [0.4, 0.5) is 17.1 Å². The Morgan fingerprint density at radius 3 is 1.58 bits per heavy atom. The van der Waals surface area contributed by atoms with E-state index in [1.54, 1.807) is 14.2 Å². The predicted molar refractivity (Wildman–Crippen MR) is 211 cm³/mol. The van der Waals surface area contributed by atoms with Gasteiger partial charge in [0.1, 0.15) is 11.5 Å². The van der Waals surface area contributed by atoms with Crippen LogP contribution in [0.1, 0.15) is 60.2 Å². The molecule has 52 heavy (non-hydrogen) atoms. The fraction of sp³-hybridized carbons (Fsp3) is 0.217. The molecule has 6 heteroatoms. The summed E-state index contributed by atoms with van der Waals surface area (Å²) in [4.78, 5) is 31.2. The summed E-state index contributed by atoms with van der Waals surface area (Å²) in [6.45, 7) is 4.78. The fourth-order valence-corrected chi connectivity index (χ4v) is 7.29. The Morgan fingerprint density at radius 1 is 0.577 bits per heavy atom. The standard InChI is InChI=1S/C46H44N2O4/c1-5-7-9-31(6-2)30-47-45(49)42-11-8-10-41-40(28-29-43(44(41)42)46(47)50)34-14-12-32(13-15-34)33-16-18-35(19-17-33)48(36-20-24-38(51-3)25-21-36)37-22-26-39(52-4)27-23-37/h8,10-29,31H,5-7,9,30H2,1-4H3. The molecule has 0 aliphatic carbocycles. The molecule has 0 saturated heterocycles. The van der Waals surface area contributed by atoms with Crippen molar-refractivity contribution in [1.29, 1.82) is 0 Å². The van der Waals surface area contributed by atoms with Crippen molar-refractivity contribution in [1.82, 2.24) is 4.90 Å². The third-order valence-electron chi connectivity index (χ3n) is 10.3. The molecule has 1 aliphatic heterocycles. The Labute approximate surface area is 306 Å². The number of methoxy groups -OCH3 is 2. The van der Waals surface area contributed by atoms with Gasteiger partial charge >= 0.3 is 0 Å². The van der Waals surface area contributed by atoms with Crippen molar-refractivity contribution >= 4 is 39.6 Å². The minimum Gasteiger partial charge on any atom is -0.497 e. The molecule has 6 nitrogen and oxygen atoms in total. The van der Waals surface area contributed by atoms with Crippen LogP contribution in [0.3, 0.4) is 0 Å². The monoisotopic (exact) mass is 688 g/mol. The van der Waals surface area contributed by atoms with Gasteiger partial charge in [-0.1, -0.05) is 87.7 Å². The highest BCUT2D eigenvalue weighted by Crippen LogP contribution is 2.39. The van der Waals surface area contributed by atoms with Crippen molar-refractivity contribution < 1.29 is 19.1 Å². The van der Waals surface area contributed by atoms with Crippen LogP contribution in [-0.4, -0.2) is 37.5 Å². The van der Waals surface area contributed by atoms with Gasteiger partial charge in [-0.2, -0.15) is 0 Å². The molecule has 0 fully saturated rings. The van der Waals surface area contributed by atoms with E-state index in [2.05, 4.69) is 91.5 Å². The molecule has 0 spiro atoms. The van der Waals surface area contributed by atoms with E-state index in [1.165, 1.54) is 4.90 Å². The lowest BCUT2D eigenvalue weighted by molar-refractivity contribution is 0.0580. The third-order valence-corrected chi connectivity index (χ3v) is 10.3. The molecule has 0 radical (unpaired) electrons. The topological polar surface area (TPSA) is 59.1 Å². The van der Waals surface area contributed by atoms with Gasteiger partial charge in [-0.3, -0.25) is 14.5 Å². The fourth-order valence-electron chi connectivity index (χ4n) is 7.29. The summed E-state index contributed by atoms with van der Waals surface area (Å²) >= 11 is 0. The van der Waals surface area contributed by atoms with Crippen LogP contribution >= 0.6 is 0 Å². The summed E-state index contributed by atoms with van der Waals surface area (Å²) in [7, 11) is 3.34. The van der Waals surface area contributed by atoms with Crippen molar-refractivity contribution in [3.8, 4) is 33.8 Å². The molecular weight excluding hydrogens is 645 g/mol. The van der Waals surface area contributed by atoms with Gasteiger partial charge in [-0.05, 0) is 113 Å². The lowest BCUT2D eigenvalue weighted by Crippen LogP contribution is -2.43. The number of rotatable bonds is 13. The van der Waals surface area contributed by atoms with E-state index in [9.17, 15) is 9.59 Å². The van der Waals surface area contributed by atoms with Gasteiger partial charge in [0.05, 0.1) is 14.2 Å². The smallest absolute Gasteiger partial charge is 0.261 e. The normalized spacial score (nSPS) is 13.0. The third kappa shape index (κ3) is 6.64. The second-order valence-corrected chi connectivity index (χ2v) is 13.4. The lowest BCUT2D eigenvalue weighted by atomic mass is 9.88. The van der Waals surface area contributed by atoms with Crippen LogP contribution in [0.2, 0.25) is 0 Å². The molecule has 0 saturated carbocycles. The van der Waals surface area contributed by atoms with Crippen molar-refractivity contribution in [3.63, 3.8) is 0 Å². The quantitative estimate of drug-likeness (QED) is 0.113.